The Morgan fingerprint density at radius 2 is 1.90 bits per heavy atom. The minimum atomic E-state index is 0.313. The van der Waals surface area contributed by atoms with Gasteiger partial charge in [0, 0.05) is 11.1 Å². The molecule has 1 heterocycles. The van der Waals surface area contributed by atoms with Crippen LogP contribution in [0.1, 0.15) is 56.1 Å². The van der Waals surface area contributed by atoms with Crippen LogP contribution in [0.15, 0.2) is 30.6 Å². The van der Waals surface area contributed by atoms with E-state index in [0.717, 1.165) is 11.3 Å². The molecule has 0 spiro atoms. The molecular formula is C17H19ClN2. The van der Waals surface area contributed by atoms with Gasteiger partial charge in [-0.1, -0.05) is 56.1 Å². The second-order valence-corrected chi connectivity index (χ2v) is 6.15. The van der Waals surface area contributed by atoms with Gasteiger partial charge < -0.3 is 0 Å². The van der Waals surface area contributed by atoms with Crippen LogP contribution in [0.5, 0.6) is 0 Å². The van der Waals surface area contributed by atoms with Gasteiger partial charge in [-0.25, -0.2) is 9.97 Å². The molecule has 1 fully saturated rings. The van der Waals surface area contributed by atoms with Crippen LogP contribution in [-0.4, -0.2) is 9.97 Å². The number of rotatable bonds is 3. The molecule has 1 saturated carbocycles. The molecule has 0 amide bonds. The van der Waals surface area contributed by atoms with Crippen molar-refractivity contribution in [1.82, 2.24) is 9.97 Å². The lowest BCUT2D eigenvalue weighted by Gasteiger charge is -2.28. The molecule has 1 aromatic carbocycles. The molecule has 0 bridgehead atoms. The van der Waals surface area contributed by atoms with E-state index >= 15 is 0 Å². The quantitative estimate of drug-likeness (QED) is 0.726. The molecule has 0 saturated heterocycles. The standard InChI is InChI=1S/C17H19ClN2/c1-11(2)15-16(19-10-20-17(15)18)14-9-4-3-8-13(14)12-6-5-7-12/h3-4,8-12H,5-7H2,1-2H3. The molecule has 0 aliphatic heterocycles. The maximum Gasteiger partial charge on any atom is 0.136 e. The fourth-order valence-electron chi connectivity index (χ4n) is 2.89. The second-order valence-electron chi connectivity index (χ2n) is 5.80. The van der Waals surface area contributed by atoms with Gasteiger partial charge in [-0.3, -0.25) is 0 Å². The van der Waals surface area contributed by atoms with Gasteiger partial charge >= 0.3 is 0 Å². The second kappa shape index (κ2) is 5.53. The van der Waals surface area contributed by atoms with E-state index in [2.05, 4.69) is 48.1 Å². The summed E-state index contributed by atoms with van der Waals surface area (Å²) in [4.78, 5) is 8.69. The SMILES string of the molecule is CC(C)c1c(Cl)ncnc1-c1ccccc1C1CCC1. The highest BCUT2D eigenvalue weighted by molar-refractivity contribution is 6.30. The summed E-state index contributed by atoms with van der Waals surface area (Å²) in [6.45, 7) is 4.28. The molecule has 0 N–H and O–H groups in total. The van der Waals surface area contributed by atoms with Gasteiger partial charge in [0.15, 0.2) is 0 Å². The van der Waals surface area contributed by atoms with Gasteiger partial charge in [0.05, 0.1) is 5.69 Å². The van der Waals surface area contributed by atoms with Crippen LogP contribution in [0, 0.1) is 0 Å². The molecule has 20 heavy (non-hydrogen) atoms. The predicted molar refractivity (Wildman–Crippen MR) is 83.2 cm³/mol. The van der Waals surface area contributed by atoms with Crippen molar-refractivity contribution in [3.05, 3.63) is 46.9 Å². The van der Waals surface area contributed by atoms with E-state index in [1.54, 1.807) is 6.33 Å². The monoisotopic (exact) mass is 286 g/mol. The lowest BCUT2D eigenvalue weighted by Crippen LogP contribution is -2.11. The zero-order valence-electron chi connectivity index (χ0n) is 11.9. The van der Waals surface area contributed by atoms with E-state index in [1.807, 2.05) is 0 Å². The summed E-state index contributed by atoms with van der Waals surface area (Å²) in [7, 11) is 0. The van der Waals surface area contributed by atoms with Crippen molar-refractivity contribution in [1.29, 1.82) is 0 Å². The zero-order valence-corrected chi connectivity index (χ0v) is 12.7. The minimum Gasteiger partial charge on any atom is -0.236 e. The van der Waals surface area contributed by atoms with Crippen LogP contribution in [0.2, 0.25) is 5.15 Å². The van der Waals surface area contributed by atoms with Gasteiger partial charge in [0.25, 0.3) is 0 Å². The van der Waals surface area contributed by atoms with Gasteiger partial charge in [-0.15, -0.1) is 0 Å². The highest BCUT2D eigenvalue weighted by Crippen LogP contribution is 2.42. The number of halogens is 1. The third kappa shape index (κ3) is 2.33. The highest BCUT2D eigenvalue weighted by Gasteiger charge is 2.24. The van der Waals surface area contributed by atoms with Crippen molar-refractivity contribution in [3.63, 3.8) is 0 Å². The van der Waals surface area contributed by atoms with E-state index < -0.39 is 0 Å². The van der Waals surface area contributed by atoms with E-state index in [4.69, 9.17) is 11.6 Å². The first kappa shape index (κ1) is 13.6. The van der Waals surface area contributed by atoms with E-state index in [1.165, 1.54) is 30.4 Å². The first-order valence-corrected chi connectivity index (χ1v) is 7.66. The van der Waals surface area contributed by atoms with Crippen LogP contribution in [0.4, 0.5) is 0 Å². The molecule has 0 atom stereocenters. The Hall–Kier alpha value is -1.41. The van der Waals surface area contributed by atoms with Crippen molar-refractivity contribution >= 4 is 11.6 Å². The molecule has 3 rings (SSSR count). The van der Waals surface area contributed by atoms with Crippen molar-refractivity contribution in [2.45, 2.75) is 44.9 Å². The van der Waals surface area contributed by atoms with Gasteiger partial charge in [0.2, 0.25) is 0 Å². The third-order valence-electron chi connectivity index (χ3n) is 4.17. The Bertz CT molecular complexity index is 618. The van der Waals surface area contributed by atoms with Gasteiger partial charge in [-0.05, 0) is 30.2 Å². The average molecular weight is 287 g/mol. The van der Waals surface area contributed by atoms with Crippen molar-refractivity contribution < 1.29 is 0 Å². The Balaban J connectivity index is 2.16. The van der Waals surface area contributed by atoms with Crippen molar-refractivity contribution in [2.24, 2.45) is 0 Å². The van der Waals surface area contributed by atoms with Crippen molar-refractivity contribution in [3.8, 4) is 11.3 Å². The lowest BCUT2D eigenvalue weighted by atomic mass is 9.77. The van der Waals surface area contributed by atoms with Crippen LogP contribution in [-0.2, 0) is 0 Å². The summed E-state index contributed by atoms with van der Waals surface area (Å²) in [5, 5.41) is 0.577. The topological polar surface area (TPSA) is 25.8 Å². The molecule has 0 unspecified atom stereocenters. The van der Waals surface area contributed by atoms with Gasteiger partial charge in [0.1, 0.15) is 11.5 Å². The number of hydrogen-bond donors (Lipinski definition) is 0. The molecule has 2 nitrogen and oxygen atoms in total. The summed E-state index contributed by atoms with van der Waals surface area (Å²) in [5.41, 5.74) is 4.70. The predicted octanol–water partition coefficient (Wildman–Crippen LogP) is 5.19. The van der Waals surface area contributed by atoms with Crippen LogP contribution >= 0.6 is 11.6 Å². The van der Waals surface area contributed by atoms with E-state index in [9.17, 15) is 0 Å². The molecule has 1 aliphatic rings. The fourth-order valence-corrected chi connectivity index (χ4v) is 3.24. The number of nitrogens with zero attached hydrogens (tertiary/aromatic N) is 2. The molecule has 3 heteroatoms. The first-order valence-electron chi connectivity index (χ1n) is 7.28. The van der Waals surface area contributed by atoms with Crippen LogP contribution in [0.25, 0.3) is 11.3 Å². The Morgan fingerprint density at radius 1 is 1.15 bits per heavy atom. The maximum absolute atomic E-state index is 6.30. The molecule has 104 valence electrons. The summed E-state index contributed by atoms with van der Waals surface area (Å²) >= 11 is 6.30. The molecule has 0 radical (unpaired) electrons. The lowest BCUT2D eigenvalue weighted by molar-refractivity contribution is 0.420. The van der Waals surface area contributed by atoms with Crippen LogP contribution < -0.4 is 0 Å². The average Bonchev–Trinajstić information content (AvgIpc) is 2.36. The van der Waals surface area contributed by atoms with E-state index in [-0.39, 0.29) is 0 Å². The smallest absolute Gasteiger partial charge is 0.136 e. The normalized spacial score (nSPS) is 15.4. The molecular weight excluding hydrogens is 268 g/mol. The molecule has 1 aromatic heterocycles. The maximum atomic E-state index is 6.30. The molecule has 1 aliphatic carbocycles. The zero-order chi connectivity index (χ0) is 14.1. The van der Waals surface area contributed by atoms with Crippen LogP contribution in [0.3, 0.4) is 0 Å². The summed E-state index contributed by atoms with van der Waals surface area (Å²) < 4.78 is 0. The number of benzene rings is 1. The Morgan fingerprint density at radius 3 is 2.55 bits per heavy atom. The number of aromatic nitrogens is 2. The Kier molecular flexibility index (Phi) is 3.75. The minimum absolute atomic E-state index is 0.313. The fraction of sp³-hybridized carbons (Fsp3) is 0.412. The third-order valence-corrected chi connectivity index (χ3v) is 4.47. The highest BCUT2D eigenvalue weighted by atomic mass is 35.5. The summed E-state index contributed by atoms with van der Waals surface area (Å²) in [6.07, 6.45) is 5.47. The summed E-state index contributed by atoms with van der Waals surface area (Å²) in [5.74, 6) is 0.994. The largest absolute Gasteiger partial charge is 0.236 e. The van der Waals surface area contributed by atoms with E-state index in [0.29, 0.717) is 17.0 Å². The molecule has 2 aromatic rings. The number of hydrogen-bond acceptors (Lipinski definition) is 2. The Labute approximate surface area is 125 Å². The van der Waals surface area contributed by atoms with Gasteiger partial charge in [-0.2, -0.15) is 0 Å². The van der Waals surface area contributed by atoms with Crippen molar-refractivity contribution in [2.75, 3.05) is 0 Å². The summed E-state index contributed by atoms with van der Waals surface area (Å²) in [6, 6.07) is 8.60. The first-order chi connectivity index (χ1) is 9.68.